The van der Waals surface area contributed by atoms with E-state index in [2.05, 4.69) is 22.1 Å². The third kappa shape index (κ3) is 6.81. The molecule has 2 aromatic heterocycles. The number of aromatic nitrogens is 3. The van der Waals surface area contributed by atoms with Gasteiger partial charge in [-0.1, -0.05) is 30.0 Å². The number of allylic oxidation sites excluding steroid dienone is 1. The number of hydrogen-bond donors (Lipinski definition) is 2. The molecule has 3 aromatic rings. The lowest BCUT2D eigenvalue weighted by Crippen LogP contribution is -2.18. The van der Waals surface area contributed by atoms with Crippen LogP contribution in [-0.2, 0) is 22.7 Å². The molecule has 0 saturated heterocycles. The van der Waals surface area contributed by atoms with Crippen molar-refractivity contribution in [3.05, 3.63) is 63.8 Å². The maximum absolute atomic E-state index is 12.8. The Bertz CT molecular complexity index is 1360. The molecule has 0 unspecified atom stereocenters. The number of anilines is 1. The van der Waals surface area contributed by atoms with Gasteiger partial charge in [0.2, 0.25) is 5.91 Å². The first kappa shape index (κ1) is 28.9. The number of amides is 2. The Morgan fingerprint density at radius 1 is 1.21 bits per heavy atom. The van der Waals surface area contributed by atoms with Crippen LogP contribution in [0.5, 0.6) is 5.75 Å². The number of nitrogens with zero attached hydrogens (tertiary/aromatic N) is 3. The van der Waals surface area contributed by atoms with E-state index in [4.69, 9.17) is 15.2 Å². The first-order chi connectivity index (χ1) is 18.0. The molecular formula is C26H31N5O5S2. The zero-order valence-corrected chi connectivity index (χ0v) is 23.6. The number of esters is 1. The summed E-state index contributed by atoms with van der Waals surface area (Å²) in [6, 6.07) is 5.85. The number of carbonyl (C=O) groups is 3. The number of hydrogen-bond acceptors (Lipinski definition) is 9. The van der Waals surface area contributed by atoms with E-state index in [1.807, 2.05) is 36.6 Å². The topological polar surface area (TPSA) is 138 Å². The first-order valence-corrected chi connectivity index (χ1v) is 13.6. The van der Waals surface area contributed by atoms with Gasteiger partial charge in [-0.15, -0.1) is 28.1 Å². The van der Waals surface area contributed by atoms with Crippen molar-refractivity contribution in [2.24, 2.45) is 5.73 Å². The minimum atomic E-state index is -0.686. The second-order valence-corrected chi connectivity index (χ2v) is 10.7. The number of primary amides is 1. The first-order valence-electron chi connectivity index (χ1n) is 11.8. The van der Waals surface area contributed by atoms with E-state index in [0.29, 0.717) is 23.1 Å². The highest BCUT2D eigenvalue weighted by Gasteiger charge is 2.26. The van der Waals surface area contributed by atoms with Crippen LogP contribution in [0.25, 0.3) is 0 Å². The molecule has 38 heavy (non-hydrogen) atoms. The highest BCUT2D eigenvalue weighted by atomic mass is 32.2. The van der Waals surface area contributed by atoms with Crippen LogP contribution in [0.2, 0.25) is 0 Å². The summed E-state index contributed by atoms with van der Waals surface area (Å²) in [6.07, 6.45) is 1.34. The van der Waals surface area contributed by atoms with Crippen molar-refractivity contribution in [2.45, 2.75) is 59.0 Å². The van der Waals surface area contributed by atoms with Crippen molar-refractivity contribution in [3.8, 4) is 5.75 Å². The molecule has 2 heterocycles. The summed E-state index contributed by atoms with van der Waals surface area (Å²) in [5, 5.41) is 11.9. The van der Waals surface area contributed by atoms with Crippen molar-refractivity contribution in [1.29, 1.82) is 0 Å². The quantitative estimate of drug-likeness (QED) is 0.190. The molecule has 1 aromatic carbocycles. The van der Waals surface area contributed by atoms with E-state index in [1.54, 1.807) is 26.8 Å². The van der Waals surface area contributed by atoms with Gasteiger partial charge in [0.1, 0.15) is 17.4 Å². The lowest BCUT2D eigenvalue weighted by Gasteiger charge is -2.12. The van der Waals surface area contributed by atoms with Crippen LogP contribution in [0.3, 0.4) is 0 Å². The van der Waals surface area contributed by atoms with Crippen LogP contribution in [0.1, 0.15) is 56.4 Å². The maximum Gasteiger partial charge on any atom is 0.341 e. The molecule has 10 nitrogen and oxygen atoms in total. The molecule has 0 atom stereocenters. The zero-order chi connectivity index (χ0) is 28.0. The van der Waals surface area contributed by atoms with Gasteiger partial charge in [0.25, 0.3) is 5.91 Å². The number of nitrogens with two attached hydrogens (primary N) is 1. The van der Waals surface area contributed by atoms with Gasteiger partial charge in [0.05, 0.1) is 22.3 Å². The number of ether oxygens (including phenoxy) is 2. The second kappa shape index (κ2) is 12.7. The van der Waals surface area contributed by atoms with Crippen molar-refractivity contribution in [1.82, 2.24) is 14.8 Å². The SMILES string of the molecule is C=CCn1c(COc2cccc(C)c2C)nnc1SCC(=O)Nc1sc(C(N)=O)c(C)c1C(=O)OC(C)C. The van der Waals surface area contributed by atoms with Gasteiger partial charge < -0.3 is 20.5 Å². The maximum atomic E-state index is 12.8. The number of aryl methyl sites for hydroxylation is 1. The van der Waals surface area contributed by atoms with Gasteiger partial charge in [-0.05, 0) is 57.4 Å². The summed E-state index contributed by atoms with van der Waals surface area (Å²) in [5.74, 6) is -0.383. The fourth-order valence-corrected chi connectivity index (χ4v) is 5.35. The number of thioether (sulfide) groups is 1. The van der Waals surface area contributed by atoms with Crippen LogP contribution in [-0.4, -0.2) is 44.4 Å². The van der Waals surface area contributed by atoms with Gasteiger partial charge >= 0.3 is 5.97 Å². The molecule has 0 radical (unpaired) electrons. The summed E-state index contributed by atoms with van der Waals surface area (Å²) in [4.78, 5) is 37.5. The van der Waals surface area contributed by atoms with E-state index in [9.17, 15) is 14.4 Å². The predicted octanol–water partition coefficient (Wildman–Crippen LogP) is 4.42. The highest BCUT2D eigenvalue weighted by molar-refractivity contribution is 7.99. The molecule has 0 saturated carbocycles. The van der Waals surface area contributed by atoms with E-state index >= 15 is 0 Å². The molecule has 202 valence electrons. The third-order valence-corrected chi connectivity index (χ3v) is 7.71. The summed E-state index contributed by atoms with van der Waals surface area (Å²) in [6.45, 7) is 13.5. The molecule has 2 amide bonds. The van der Waals surface area contributed by atoms with Gasteiger partial charge in [-0.25, -0.2) is 4.79 Å². The summed E-state index contributed by atoms with van der Waals surface area (Å²) in [7, 11) is 0. The Balaban J connectivity index is 1.73. The van der Waals surface area contributed by atoms with Crippen LogP contribution < -0.4 is 15.8 Å². The van der Waals surface area contributed by atoms with Crippen LogP contribution in [0, 0.1) is 20.8 Å². The Morgan fingerprint density at radius 3 is 2.61 bits per heavy atom. The van der Waals surface area contributed by atoms with Crippen molar-refractivity contribution in [2.75, 3.05) is 11.1 Å². The zero-order valence-electron chi connectivity index (χ0n) is 22.0. The fourth-order valence-electron chi connectivity index (χ4n) is 3.52. The Labute approximate surface area is 229 Å². The summed E-state index contributed by atoms with van der Waals surface area (Å²) >= 11 is 2.12. The van der Waals surface area contributed by atoms with Gasteiger partial charge in [-0.2, -0.15) is 0 Å². The minimum absolute atomic E-state index is 0.0192. The van der Waals surface area contributed by atoms with Gasteiger partial charge in [0.15, 0.2) is 11.0 Å². The number of carbonyl (C=O) groups excluding carboxylic acids is 3. The van der Waals surface area contributed by atoms with Crippen molar-refractivity contribution in [3.63, 3.8) is 0 Å². The van der Waals surface area contributed by atoms with Crippen LogP contribution in [0.4, 0.5) is 5.00 Å². The molecule has 0 fully saturated rings. The second-order valence-electron chi connectivity index (χ2n) is 8.70. The number of nitrogens with one attached hydrogen (secondary N) is 1. The predicted molar refractivity (Wildman–Crippen MR) is 148 cm³/mol. The smallest absolute Gasteiger partial charge is 0.341 e. The standard InChI is InChI=1S/C26H31N5O5S2/c1-7-11-31-19(12-35-18-10-8-9-15(4)16(18)5)29-30-26(31)37-13-20(32)28-24-21(25(34)36-14(2)3)17(6)22(38-24)23(27)33/h7-10,14H,1,11-13H2,2-6H3,(H2,27,33)(H,28,32). The van der Waals surface area contributed by atoms with E-state index in [1.165, 1.54) is 11.8 Å². The summed E-state index contributed by atoms with van der Waals surface area (Å²) < 4.78 is 13.1. The average Bonchev–Trinajstić information content (AvgIpc) is 3.38. The van der Waals surface area contributed by atoms with Crippen LogP contribution in [0.15, 0.2) is 36.0 Å². The van der Waals surface area contributed by atoms with Crippen molar-refractivity contribution < 1.29 is 23.9 Å². The normalized spacial score (nSPS) is 10.9. The Hall–Kier alpha value is -3.64. The van der Waals surface area contributed by atoms with Crippen molar-refractivity contribution >= 4 is 45.9 Å². The molecule has 0 aliphatic heterocycles. The third-order valence-electron chi connectivity index (χ3n) is 5.52. The minimum Gasteiger partial charge on any atom is -0.485 e. The number of thiophene rings is 1. The molecule has 0 aliphatic rings. The molecule has 12 heteroatoms. The lowest BCUT2D eigenvalue weighted by atomic mass is 10.1. The molecule has 0 aliphatic carbocycles. The summed E-state index contributed by atoms with van der Waals surface area (Å²) in [5.41, 5.74) is 8.12. The molecular weight excluding hydrogens is 526 g/mol. The molecule has 0 spiro atoms. The number of rotatable bonds is 12. The Morgan fingerprint density at radius 2 is 1.95 bits per heavy atom. The monoisotopic (exact) mass is 557 g/mol. The van der Waals surface area contributed by atoms with Gasteiger partial charge in [0, 0.05) is 6.54 Å². The molecule has 0 bridgehead atoms. The highest BCUT2D eigenvalue weighted by Crippen LogP contribution is 2.34. The molecule has 3 rings (SSSR count). The fraction of sp³-hybridized carbons (Fsp3) is 0.346. The average molecular weight is 558 g/mol. The van der Waals surface area contributed by atoms with E-state index in [-0.39, 0.29) is 33.9 Å². The lowest BCUT2D eigenvalue weighted by molar-refractivity contribution is -0.113. The Kier molecular flexibility index (Phi) is 9.70. The van der Waals surface area contributed by atoms with Crippen LogP contribution >= 0.6 is 23.1 Å². The van der Waals surface area contributed by atoms with E-state index < -0.39 is 17.8 Å². The van der Waals surface area contributed by atoms with Gasteiger partial charge in [-0.3, -0.25) is 14.2 Å². The van der Waals surface area contributed by atoms with E-state index in [0.717, 1.165) is 28.2 Å². The number of benzene rings is 1. The largest absolute Gasteiger partial charge is 0.485 e. The molecule has 3 N–H and O–H groups in total.